The van der Waals surface area contributed by atoms with Crippen molar-refractivity contribution in [1.82, 2.24) is 4.98 Å². The average molecular weight is 325 g/mol. The van der Waals surface area contributed by atoms with Gasteiger partial charge in [-0.2, -0.15) is 0 Å². The number of hydrogen-bond donors (Lipinski definition) is 1. The van der Waals surface area contributed by atoms with Gasteiger partial charge in [-0.3, -0.25) is 4.79 Å². The molecule has 0 aliphatic carbocycles. The van der Waals surface area contributed by atoms with E-state index in [1.165, 1.54) is 11.3 Å². The first kappa shape index (κ1) is 16.1. The van der Waals surface area contributed by atoms with Crippen LogP contribution in [0.25, 0.3) is 10.6 Å². The summed E-state index contributed by atoms with van der Waals surface area (Å²) < 4.78 is 5.70. The first-order chi connectivity index (χ1) is 10.0. The minimum atomic E-state index is -0.808. The van der Waals surface area contributed by atoms with Crippen LogP contribution < -0.4 is 0 Å². The molecule has 0 saturated carbocycles. The molecule has 0 aliphatic heterocycles. The second-order valence-corrected chi connectivity index (χ2v) is 6.81. The Labute approximate surface area is 132 Å². The number of aliphatic carboxylic acids is 1. The smallest absolute Gasteiger partial charge is 0.308 e. The Hall–Kier alpha value is -1.24. The van der Waals surface area contributed by atoms with Crippen molar-refractivity contribution in [3.8, 4) is 10.6 Å². The number of carboxylic acids is 1. The van der Waals surface area contributed by atoms with Gasteiger partial charge in [-0.25, -0.2) is 4.98 Å². The van der Waals surface area contributed by atoms with Gasteiger partial charge in [0, 0.05) is 17.4 Å². The number of aromatic nitrogens is 1. The molecule has 1 N–H and O–H groups in total. The number of thiazole rings is 1. The average Bonchev–Trinajstić information content (AvgIpc) is 3.10. The number of hydrogen-bond acceptors (Lipinski definition) is 5. The van der Waals surface area contributed by atoms with Crippen molar-refractivity contribution in [3.63, 3.8) is 0 Å². The summed E-state index contributed by atoms with van der Waals surface area (Å²) in [5, 5.41) is 11.8. The second-order valence-electron chi connectivity index (χ2n) is 4.78. The molecule has 21 heavy (non-hydrogen) atoms. The van der Waals surface area contributed by atoms with Crippen LogP contribution in [0.1, 0.15) is 36.6 Å². The summed E-state index contributed by atoms with van der Waals surface area (Å²) in [4.78, 5) is 17.3. The van der Waals surface area contributed by atoms with Crippen molar-refractivity contribution in [2.45, 2.75) is 38.7 Å². The van der Waals surface area contributed by atoms with E-state index in [2.05, 4.69) is 13.8 Å². The van der Waals surface area contributed by atoms with E-state index < -0.39 is 5.97 Å². The highest BCUT2D eigenvalue weighted by Crippen LogP contribution is 2.37. The maximum atomic E-state index is 10.7. The molecule has 0 amide bonds. The lowest BCUT2D eigenvalue weighted by molar-refractivity contribution is -0.136. The van der Waals surface area contributed by atoms with Gasteiger partial charge in [0.2, 0.25) is 0 Å². The molecule has 2 aromatic heterocycles. The highest BCUT2D eigenvalue weighted by atomic mass is 32.1. The van der Waals surface area contributed by atoms with Gasteiger partial charge in [-0.1, -0.05) is 13.8 Å². The van der Waals surface area contributed by atoms with Crippen molar-refractivity contribution in [2.75, 3.05) is 7.11 Å². The second kappa shape index (κ2) is 6.68. The molecule has 6 heteroatoms. The summed E-state index contributed by atoms with van der Waals surface area (Å²) in [5.74, 6) is -0.808. The normalized spacial score (nSPS) is 11.8. The minimum Gasteiger partial charge on any atom is -0.481 e. The van der Waals surface area contributed by atoms with E-state index in [0.717, 1.165) is 33.3 Å². The van der Waals surface area contributed by atoms with Gasteiger partial charge in [0.25, 0.3) is 0 Å². The Morgan fingerprint density at radius 3 is 2.67 bits per heavy atom. The topological polar surface area (TPSA) is 59.4 Å². The number of rotatable bonds is 7. The largest absolute Gasteiger partial charge is 0.481 e. The summed E-state index contributed by atoms with van der Waals surface area (Å²) in [6, 6.07) is 3.80. The molecule has 114 valence electrons. The lowest BCUT2D eigenvalue weighted by atomic mass is 9.98. The summed E-state index contributed by atoms with van der Waals surface area (Å²) in [6.07, 6.45) is 1.82. The van der Waals surface area contributed by atoms with Crippen LogP contribution >= 0.6 is 22.7 Å². The third kappa shape index (κ3) is 3.33. The zero-order valence-corrected chi connectivity index (χ0v) is 14.0. The maximum absolute atomic E-state index is 10.7. The molecule has 0 fully saturated rings. The van der Waals surface area contributed by atoms with Gasteiger partial charge >= 0.3 is 5.97 Å². The molecule has 2 rings (SSSR count). The Morgan fingerprint density at radius 1 is 1.38 bits per heavy atom. The fraction of sp³-hybridized carbons (Fsp3) is 0.467. The summed E-state index contributed by atoms with van der Waals surface area (Å²) in [6.45, 7) is 4.20. The molecule has 0 unspecified atom stereocenters. The number of carbonyl (C=O) groups is 1. The number of thiophene rings is 1. The summed E-state index contributed by atoms with van der Waals surface area (Å²) >= 11 is 3.09. The Morgan fingerprint density at radius 2 is 2.10 bits per heavy atom. The SMILES string of the molecule is CCC(CC)(OC)c1nc(-c2ccc(CC(=O)O)s2)cs1. The molecule has 0 saturated heterocycles. The standard InChI is InChI=1S/C15H19NO3S2/c1-4-15(5-2,19-3)14-16-11(9-20-14)12-7-6-10(21-12)8-13(17)18/h6-7,9H,4-5,8H2,1-3H3,(H,17,18). The number of carboxylic acid groups (broad SMARTS) is 1. The fourth-order valence-electron chi connectivity index (χ4n) is 2.28. The fourth-order valence-corrected chi connectivity index (χ4v) is 4.46. The van der Waals surface area contributed by atoms with Crippen LogP contribution in [0, 0.1) is 0 Å². The van der Waals surface area contributed by atoms with Crippen LogP contribution in [0.2, 0.25) is 0 Å². The lowest BCUT2D eigenvalue weighted by Gasteiger charge is -2.27. The zero-order chi connectivity index (χ0) is 15.5. The first-order valence-electron chi connectivity index (χ1n) is 6.86. The molecule has 0 bridgehead atoms. The first-order valence-corrected chi connectivity index (χ1v) is 8.56. The molecule has 0 aromatic carbocycles. The molecule has 2 aromatic rings. The molecule has 0 aliphatic rings. The number of methoxy groups -OCH3 is 1. The quantitative estimate of drug-likeness (QED) is 0.830. The van der Waals surface area contributed by atoms with Crippen LogP contribution in [0.15, 0.2) is 17.5 Å². The van der Waals surface area contributed by atoms with E-state index in [4.69, 9.17) is 14.8 Å². The van der Waals surface area contributed by atoms with Crippen LogP contribution in [0.5, 0.6) is 0 Å². The maximum Gasteiger partial charge on any atom is 0.308 e. The van der Waals surface area contributed by atoms with Crippen molar-refractivity contribution < 1.29 is 14.6 Å². The van der Waals surface area contributed by atoms with E-state index in [-0.39, 0.29) is 12.0 Å². The Balaban J connectivity index is 2.27. The van der Waals surface area contributed by atoms with E-state index in [9.17, 15) is 4.79 Å². The predicted octanol–water partition coefficient (Wildman–Crippen LogP) is 4.16. The van der Waals surface area contributed by atoms with Crippen molar-refractivity contribution in [3.05, 3.63) is 27.4 Å². The van der Waals surface area contributed by atoms with E-state index in [0.29, 0.717) is 0 Å². The summed E-state index contributed by atoms with van der Waals surface area (Å²) in [5.41, 5.74) is 0.587. The monoisotopic (exact) mass is 325 g/mol. The van der Waals surface area contributed by atoms with E-state index in [1.54, 1.807) is 18.4 Å². The number of nitrogens with zero attached hydrogens (tertiary/aromatic N) is 1. The van der Waals surface area contributed by atoms with Gasteiger partial charge in [-0.05, 0) is 25.0 Å². The van der Waals surface area contributed by atoms with Gasteiger partial charge < -0.3 is 9.84 Å². The van der Waals surface area contributed by atoms with Crippen LogP contribution in [0.3, 0.4) is 0 Å². The minimum absolute atomic E-state index is 0.0631. The lowest BCUT2D eigenvalue weighted by Crippen LogP contribution is -2.26. The van der Waals surface area contributed by atoms with E-state index in [1.807, 2.05) is 17.5 Å². The van der Waals surface area contributed by atoms with Gasteiger partial charge in [0.15, 0.2) is 0 Å². The molecule has 0 atom stereocenters. The molecular weight excluding hydrogens is 306 g/mol. The third-order valence-corrected chi connectivity index (χ3v) is 5.80. The third-order valence-electron chi connectivity index (χ3n) is 3.67. The van der Waals surface area contributed by atoms with Crippen LogP contribution in [0.4, 0.5) is 0 Å². The van der Waals surface area contributed by atoms with Crippen LogP contribution in [-0.4, -0.2) is 23.2 Å². The molecular formula is C15H19NO3S2. The molecule has 0 radical (unpaired) electrons. The molecule has 0 spiro atoms. The van der Waals surface area contributed by atoms with Crippen molar-refractivity contribution in [1.29, 1.82) is 0 Å². The Kier molecular flexibility index (Phi) is 5.13. The van der Waals surface area contributed by atoms with Crippen molar-refractivity contribution in [2.24, 2.45) is 0 Å². The van der Waals surface area contributed by atoms with Crippen molar-refractivity contribution >= 4 is 28.6 Å². The van der Waals surface area contributed by atoms with Gasteiger partial charge in [-0.15, -0.1) is 22.7 Å². The van der Waals surface area contributed by atoms with Crippen LogP contribution in [-0.2, 0) is 21.6 Å². The number of ether oxygens (including phenoxy) is 1. The molecule has 2 heterocycles. The van der Waals surface area contributed by atoms with Gasteiger partial charge in [0.05, 0.1) is 17.0 Å². The van der Waals surface area contributed by atoms with E-state index >= 15 is 0 Å². The zero-order valence-electron chi connectivity index (χ0n) is 12.4. The predicted molar refractivity (Wildman–Crippen MR) is 86.0 cm³/mol. The molecule has 4 nitrogen and oxygen atoms in total. The summed E-state index contributed by atoms with van der Waals surface area (Å²) in [7, 11) is 1.73. The highest BCUT2D eigenvalue weighted by molar-refractivity contribution is 7.16. The Bertz CT molecular complexity index is 606. The van der Waals surface area contributed by atoms with Gasteiger partial charge in [0.1, 0.15) is 10.6 Å². The highest BCUT2D eigenvalue weighted by Gasteiger charge is 2.31.